The molecule has 134 valence electrons. The predicted molar refractivity (Wildman–Crippen MR) is 95.8 cm³/mol. The Bertz CT molecular complexity index is 857. The minimum atomic E-state index is 0.00934. The van der Waals surface area contributed by atoms with Gasteiger partial charge in [-0.1, -0.05) is 19.9 Å². The molecule has 0 N–H and O–H groups in total. The number of nitrogens with zero attached hydrogens (tertiary/aromatic N) is 5. The van der Waals surface area contributed by atoms with Crippen LogP contribution in [0, 0.1) is 22.7 Å². The summed E-state index contributed by atoms with van der Waals surface area (Å²) < 4.78 is 2.23. The van der Waals surface area contributed by atoms with Gasteiger partial charge in [-0.2, -0.15) is 5.26 Å². The third-order valence-electron chi connectivity index (χ3n) is 5.39. The van der Waals surface area contributed by atoms with E-state index in [0.717, 1.165) is 30.4 Å². The van der Waals surface area contributed by atoms with Crippen LogP contribution in [-0.2, 0) is 17.8 Å². The second-order valence-electron chi connectivity index (χ2n) is 8.13. The van der Waals surface area contributed by atoms with E-state index in [1.54, 1.807) is 18.3 Å². The summed E-state index contributed by atoms with van der Waals surface area (Å²) in [6.07, 6.45) is 8.38. The third-order valence-corrected chi connectivity index (χ3v) is 5.39. The fourth-order valence-corrected chi connectivity index (χ4v) is 3.82. The number of imidazole rings is 1. The average molecular weight is 349 g/mol. The molecule has 4 rings (SSSR count). The molecule has 1 amide bonds. The largest absolute Gasteiger partial charge is 0.333 e. The Morgan fingerprint density at radius 2 is 2.15 bits per heavy atom. The van der Waals surface area contributed by atoms with Crippen molar-refractivity contribution in [3.05, 3.63) is 47.8 Å². The fraction of sp³-hybridized carbons (Fsp3) is 0.500. The lowest BCUT2D eigenvalue weighted by Crippen LogP contribution is -2.59. The van der Waals surface area contributed by atoms with Gasteiger partial charge in [0.2, 0.25) is 5.91 Å². The van der Waals surface area contributed by atoms with Gasteiger partial charge in [0, 0.05) is 37.1 Å². The molecule has 26 heavy (non-hydrogen) atoms. The van der Waals surface area contributed by atoms with E-state index >= 15 is 0 Å². The number of hydrogen-bond acceptors (Lipinski definition) is 4. The van der Waals surface area contributed by atoms with Crippen LogP contribution in [0.5, 0.6) is 0 Å². The van der Waals surface area contributed by atoms with Gasteiger partial charge >= 0.3 is 0 Å². The Hall–Kier alpha value is -2.68. The topological polar surface area (TPSA) is 74.8 Å². The van der Waals surface area contributed by atoms with Crippen molar-refractivity contribution in [1.82, 2.24) is 19.4 Å². The molecule has 1 aliphatic heterocycles. The molecular weight excluding hydrogens is 326 g/mol. The summed E-state index contributed by atoms with van der Waals surface area (Å²) in [5.74, 6) is 1.85. The van der Waals surface area contributed by atoms with Crippen molar-refractivity contribution in [2.24, 2.45) is 11.3 Å². The first kappa shape index (κ1) is 16.8. The molecular formula is C20H23N5O. The number of nitriles is 1. The van der Waals surface area contributed by atoms with Gasteiger partial charge in [0.05, 0.1) is 12.5 Å². The van der Waals surface area contributed by atoms with E-state index < -0.39 is 0 Å². The van der Waals surface area contributed by atoms with Gasteiger partial charge in [-0.15, -0.1) is 0 Å². The summed E-state index contributed by atoms with van der Waals surface area (Å²) in [7, 11) is 0. The smallest absolute Gasteiger partial charge is 0.227 e. The third kappa shape index (κ3) is 3.10. The first-order valence-corrected chi connectivity index (χ1v) is 9.13. The van der Waals surface area contributed by atoms with Crippen molar-refractivity contribution in [3.63, 3.8) is 0 Å². The van der Waals surface area contributed by atoms with Crippen LogP contribution in [0.4, 0.5) is 0 Å². The van der Waals surface area contributed by atoms with Gasteiger partial charge in [0.15, 0.2) is 0 Å². The van der Waals surface area contributed by atoms with Crippen LogP contribution in [0.2, 0.25) is 0 Å². The summed E-state index contributed by atoms with van der Waals surface area (Å²) in [6, 6.07) is 5.47. The second kappa shape index (κ2) is 6.24. The van der Waals surface area contributed by atoms with E-state index in [9.17, 15) is 4.79 Å². The highest BCUT2D eigenvalue weighted by Crippen LogP contribution is 2.48. The summed E-state index contributed by atoms with van der Waals surface area (Å²) in [4.78, 5) is 23.5. The number of carbonyl (C=O) groups is 1. The summed E-state index contributed by atoms with van der Waals surface area (Å²) in [5, 5.41) is 8.84. The molecule has 0 spiro atoms. The Morgan fingerprint density at radius 1 is 1.35 bits per heavy atom. The van der Waals surface area contributed by atoms with Crippen LogP contribution in [-0.4, -0.2) is 31.9 Å². The lowest BCUT2D eigenvalue weighted by atomic mass is 9.74. The quantitative estimate of drug-likeness (QED) is 0.832. The van der Waals surface area contributed by atoms with E-state index in [4.69, 9.17) is 5.26 Å². The molecule has 1 aliphatic carbocycles. The zero-order valence-corrected chi connectivity index (χ0v) is 15.2. The van der Waals surface area contributed by atoms with Crippen molar-refractivity contribution >= 4 is 5.91 Å². The number of pyridine rings is 1. The number of aromatic nitrogens is 3. The molecule has 1 saturated heterocycles. The minimum Gasteiger partial charge on any atom is -0.333 e. The highest BCUT2D eigenvalue weighted by Gasteiger charge is 2.50. The maximum Gasteiger partial charge on any atom is 0.227 e. The van der Waals surface area contributed by atoms with Gasteiger partial charge in [0.1, 0.15) is 17.6 Å². The lowest BCUT2D eigenvalue weighted by Gasteiger charge is -2.53. The standard InChI is InChI=1S/C20H23N5O/c1-20(2)13-25(17(26)9-15-5-6-16(10-21)23-11-15)18(20)19-22-7-8-24(19)12-14-3-4-14/h5-8,11,14,18H,3-4,9,12-13H2,1-2H3. The van der Waals surface area contributed by atoms with E-state index in [1.807, 2.05) is 23.4 Å². The first-order valence-electron chi connectivity index (χ1n) is 9.13. The minimum absolute atomic E-state index is 0.00934. The molecule has 3 heterocycles. The van der Waals surface area contributed by atoms with Crippen LogP contribution in [0.15, 0.2) is 30.7 Å². The number of amides is 1. The Balaban J connectivity index is 1.51. The molecule has 2 aromatic heterocycles. The number of hydrogen-bond donors (Lipinski definition) is 0. The molecule has 0 radical (unpaired) electrons. The van der Waals surface area contributed by atoms with Crippen LogP contribution in [0.25, 0.3) is 0 Å². The normalized spacial score (nSPS) is 21.1. The lowest BCUT2D eigenvalue weighted by molar-refractivity contribution is -0.152. The van der Waals surface area contributed by atoms with Crippen LogP contribution in [0.1, 0.15) is 49.8 Å². The SMILES string of the molecule is CC1(C)CN(C(=O)Cc2ccc(C#N)nc2)C1c1nccn1CC1CC1. The van der Waals surface area contributed by atoms with Gasteiger partial charge in [-0.25, -0.2) is 9.97 Å². The summed E-state index contributed by atoms with van der Waals surface area (Å²) in [5.41, 5.74) is 1.22. The molecule has 2 aromatic rings. The molecule has 1 unspecified atom stereocenters. The van der Waals surface area contributed by atoms with Gasteiger partial charge in [-0.3, -0.25) is 4.79 Å². The van der Waals surface area contributed by atoms with Gasteiger partial charge in [-0.05, 0) is 30.4 Å². The van der Waals surface area contributed by atoms with Crippen LogP contribution < -0.4 is 0 Å². The molecule has 1 atom stereocenters. The fourth-order valence-electron chi connectivity index (χ4n) is 3.82. The summed E-state index contributed by atoms with van der Waals surface area (Å²) >= 11 is 0. The molecule has 6 heteroatoms. The van der Waals surface area contributed by atoms with Crippen molar-refractivity contribution in [1.29, 1.82) is 5.26 Å². The predicted octanol–water partition coefficient (Wildman–Crippen LogP) is 2.71. The number of likely N-dealkylation sites (tertiary alicyclic amines) is 1. The van der Waals surface area contributed by atoms with Crippen molar-refractivity contribution < 1.29 is 4.79 Å². The van der Waals surface area contributed by atoms with Crippen LogP contribution in [0.3, 0.4) is 0 Å². The number of rotatable bonds is 5. The van der Waals surface area contributed by atoms with Crippen molar-refractivity contribution in [2.45, 2.75) is 45.7 Å². The van der Waals surface area contributed by atoms with Gasteiger partial charge in [0.25, 0.3) is 0 Å². The van der Waals surface area contributed by atoms with E-state index in [-0.39, 0.29) is 17.4 Å². The van der Waals surface area contributed by atoms with E-state index in [2.05, 4.69) is 28.4 Å². The highest BCUT2D eigenvalue weighted by molar-refractivity contribution is 5.80. The van der Waals surface area contributed by atoms with E-state index in [0.29, 0.717) is 12.1 Å². The van der Waals surface area contributed by atoms with Crippen LogP contribution >= 0.6 is 0 Å². The molecule has 2 aliphatic rings. The maximum atomic E-state index is 12.9. The molecule has 2 fully saturated rings. The van der Waals surface area contributed by atoms with Crippen molar-refractivity contribution in [2.75, 3.05) is 6.54 Å². The molecule has 6 nitrogen and oxygen atoms in total. The highest BCUT2D eigenvalue weighted by atomic mass is 16.2. The zero-order chi connectivity index (χ0) is 18.3. The maximum absolute atomic E-state index is 12.9. The Kier molecular flexibility index (Phi) is 4.03. The first-order chi connectivity index (χ1) is 12.5. The average Bonchev–Trinajstić information content (AvgIpc) is 3.32. The molecule has 1 saturated carbocycles. The van der Waals surface area contributed by atoms with Gasteiger partial charge < -0.3 is 9.47 Å². The Morgan fingerprint density at radius 3 is 2.77 bits per heavy atom. The second-order valence-corrected chi connectivity index (χ2v) is 8.13. The Labute approximate surface area is 153 Å². The van der Waals surface area contributed by atoms with Crippen molar-refractivity contribution in [3.8, 4) is 6.07 Å². The summed E-state index contributed by atoms with van der Waals surface area (Å²) in [6.45, 7) is 6.13. The molecule has 0 aromatic carbocycles. The zero-order valence-electron chi connectivity index (χ0n) is 15.2. The molecule has 0 bridgehead atoms. The number of carbonyl (C=O) groups excluding carboxylic acids is 1. The monoisotopic (exact) mass is 349 g/mol. The van der Waals surface area contributed by atoms with E-state index in [1.165, 1.54) is 12.8 Å².